The Morgan fingerprint density at radius 2 is 1.26 bits per heavy atom. The van der Waals surface area contributed by atoms with Gasteiger partial charge in [-0.2, -0.15) is 26.3 Å². The van der Waals surface area contributed by atoms with E-state index in [4.69, 9.17) is 0 Å². The number of hydrogen-bond donors (Lipinski definition) is 0. The van der Waals surface area contributed by atoms with E-state index < -0.39 is 43.1 Å². The summed E-state index contributed by atoms with van der Waals surface area (Å²) in [6.07, 6.45) is -10.1. The fourth-order valence-corrected chi connectivity index (χ4v) is 3.98. The molecule has 0 radical (unpaired) electrons. The van der Waals surface area contributed by atoms with Crippen LogP contribution in [0, 0.1) is 20.8 Å². The van der Waals surface area contributed by atoms with E-state index >= 15 is 0 Å². The number of rotatable bonds is 3. The van der Waals surface area contributed by atoms with Crippen molar-refractivity contribution in [2.45, 2.75) is 33.1 Å². The fraction of sp³-hybridized carbons (Fsp3) is 0.278. The summed E-state index contributed by atoms with van der Waals surface area (Å²) in [5.74, 6) is 0. The Hall–Kier alpha value is -1.28. The summed E-state index contributed by atoms with van der Waals surface area (Å²) in [5.41, 5.74) is -3.41. The van der Waals surface area contributed by atoms with Crippen LogP contribution in [0.3, 0.4) is 0 Å². The minimum atomic E-state index is -5.06. The topological polar surface area (TPSA) is 17.1 Å². The van der Waals surface area contributed by atoms with Crippen molar-refractivity contribution in [2.75, 3.05) is 0 Å². The van der Waals surface area contributed by atoms with Gasteiger partial charge in [-0.05, 0) is 57.9 Å². The zero-order valence-electron chi connectivity index (χ0n) is 15.1. The van der Waals surface area contributed by atoms with E-state index in [-0.39, 0.29) is 18.9 Å². The fourth-order valence-electron chi connectivity index (χ4n) is 2.82. The molecule has 1 unspecified atom stereocenters. The Balaban J connectivity index is 0.00000364. The number of carbonyl (C=O) groups excluding carboxylic acids is 1. The molecule has 0 heterocycles. The molecular formula is C18H15F6LiOP+. The van der Waals surface area contributed by atoms with E-state index in [0.717, 1.165) is 5.56 Å². The van der Waals surface area contributed by atoms with Gasteiger partial charge in [-0.15, -0.1) is 0 Å². The summed E-state index contributed by atoms with van der Waals surface area (Å²) in [6, 6.07) is 5.14. The molecule has 2 aromatic rings. The standard InChI is InChI=1S/C18H15F6OP.Li/c1-9-7-10(2)15(11(3)8-9)26-16(25)14-12(17(19,20)21)5-4-6-13(14)18(22,23)24;/h4-8,26H,1-3H3;/q;+1. The van der Waals surface area contributed by atoms with Crippen LogP contribution in [-0.2, 0) is 12.4 Å². The smallest absolute Gasteiger partial charge is 0.289 e. The molecule has 0 aliphatic rings. The molecule has 1 atom stereocenters. The zero-order valence-corrected chi connectivity index (χ0v) is 16.1. The summed E-state index contributed by atoms with van der Waals surface area (Å²) >= 11 is 0. The van der Waals surface area contributed by atoms with Gasteiger partial charge in [-0.25, -0.2) is 0 Å². The van der Waals surface area contributed by atoms with Gasteiger partial charge in [0.1, 0.15) is 0 Å². The molecule has 9 heteroatoms. The normalized spacial score (nSPS) is 12.3. The number of hydrogen-bond acceptors (Lipinski definition) is 1. The second kappa shape index (κ2) is 8.39. The largest absolute Gasteiger partial charge is 1.00 e. The maximum atomic E-state index is 13.2. The van der Waals surface area contributed by atoms with E-state index in [1.54, 1.807) is 26.0 Å². The first kappa shape index (κ1) is 23.8. The van der Waals surface area contributed by atoms with Crippen LogP contribution in [-0.4, -0.2) is 5.52 Å². The Labute approximate surface area is 166 Å². The Morgan fingerprint density at radius 1 is 0.852 bits per heavy atom. The Morgan fingerprint density at radius 3 is 1.63 bits per heavy atom. The Bertz CT molecular complexity index is 803. The molecule has 0 saturated heterocycles. The monoisotopic (exact) mass is 399 g/mol. The van der Waals surface area contributed by atoms with Gasteiger partial charge in [0, 0.05) is 5.56 Å². The van der Waals surface area contributed by atoms with Crippen molar-refractivity contribution in [3.8, 4) is 0 Å². The molecule has 0 N–H and O–H groups in total. The minimum absolute atomic E-state index is 0. The van der Waals surface area contributed by atoms with Crippen molar-refractivity contribution in [3.05, 3.63) is 63.7 Å². The molecule has 2 rings (SSSR count). The van der Waals surface area contributed by atoms with Crippen molar-refractivity contribution in [1.29, 1.82) is 0 Å². The van der Waals surface area contributed by atoms with Gasteiger partial charge in [0.05, 0.1) is 11.1 Å². The van der Waals surface area contributed by atoms with Gasteiger partial charge in [0.25, 0.3) is 0 Å². The van der Waals surface area contributed by atoms with E-state index in [1.165, 1.54) is 0 Å². The van der Waals surface area contributed by atoms with Crippen LogP contribution in [0.25, 0.3) is 0 Å². The van der Waals surface area contributed by atoms with E-state index in [2.05, 4.69) is 0 Å². The second-order valence-electron chi connectivity index (χ2n) is 5.95. The van der Waals surface area contributed by atoms with Gasteiger partial charge in [0.2, 0.25) is 0 Å². The van der Waals surface area contributed by atoms with Crippen molar-refractivity contribution in [3.63, 3.8) is 0 Å². The van der Waals surface area contributed by atoms with Crippen molar-refractivity contribution in [1.82, 2.24) is 0 Å². The van der Waals surface area contributed by atoms with Crippen LogP contribution in [0.4, 0.5) is 26.3 Å². The van der Waals surface area contributed by atoms with Gasteiger partial charge in [-0.1, -0.05) is 23.8 Å². The molecule has 0 bridgehead atoms. The van der Waals surface area contributed by atoms with Crippen molar-refractivity contribution in [2.24, 2.45) is 0 Å². The minimum Gasteiger partial charge on any atom is -0.289 e. The van der Waals surface area contributed by atoms with Crippen LogP contribution in [0.15, 0.2) is 30.3 Å². The molecule has 1 nitrogen and oxygen atoms in total. The number of halogens is 6. The van der Waals surface area contributed by atoms with Gasteiger partial charge in [-0.3, -0.25) is 4.79 Å². The average molecular weight is 399 g/mol. The van der Waals surface area contributed by atoms with E-state index in [9.17, 15) is 31.1 Å². The molecule has 0 aromatic heterocycles. The number of benzene rings is 2. The molecule has 0 spiro atoms. The van der Waals surface area contributed by atoms with Crippen LogP contribution < -0.4 is 24.2 Å². The third-order valence-electron chi connectivity index (χ3n) is 3.82. The maximum absolute atomic E-state index is 13.2. The molecule has 140 valence electrons. The molecule has 0 fully saturated rings. The maximum Gasteiger partial charge on any atom is 1.00 e. The third kappa shape index (κ3) is 5.37. The predicted octanol–water partition coefficient (Wildman–Crippen LogP) is 2.80. The van der Waals surface area contributed by atoms with Crippen molar-refractivity contribution >= 4 is 19.4 Å². The van der Waals surface area contributed by atoms with Crippen molar-refractivity contribution < 1.29 is 50.0 Å². The van der Waals surface area contributed by atoms with Gasteiger partial charge in [0.15, 0.2) is 5.52 Å². The summed E-state index contributed by atoms with van der Waals surface area (Å²) in [4.78, 5) is 12.6. The first-order chi connectivity index (χ1) is 11.8. The number of carbonyl (C=O) groups is 1. The summed E-state index contributed by atoms with van der Waals surface area (Å²) in [7, 11) is -0.838. The second-order valence-corrected chi connectivity index (χ2v) is 7.16. The summed E-state index contributed by atoms with van der Waals surface area (Å²) < 4.78 is 79.3. The molecule has 0 amide bonds. The zero-order chi connectivity index (χ0) is 19.9. The molecule has 0 aliphatic heterocycles. The third-order valence-corrected chi connectivity index (χ3v) is 5.33. The van der Waals surface area contributed by atoms with Crippen LogP contribution in [0.5, 0.6) is 0 Å². The average Bonchev–Trinajstić information content (AvgIpc) is 2.48. The SMILES string of the molecule is Cc1cc(C)c(PC(=O)c2c(C(F)(F)F)cccc2C(F)(F)F)c(C)c1.[Li+]. The number of aryl methyl sites for hydroxylation is 3. The summed E-state index contributed by atoms with van der Waals surface area (Å²) in [5, 5.41) is 0.464. The first-order valence-electron chi connectivity index (χ1n) is 7.49. The van der Waals surface area contributed by atoms with Crippen LogP contribution in [0.1, 0.15) is 38.2 Å². The van der Waals surface area contributed by atoms with E-state index in [0.29, 0.717) is 34.6 Å². The molecule has 2 aromatic carbocycles. The van der Waals surface area contributed by atoms with Gasteiger partial charge < -0.3 is 0 Å². The van der Waals surface area contributed by atoms with Crippen LogP contribution >= 0.6 is 8.58 Å². The Kier molecular flexibility index (Phi) is 7.38. The first-order valence-corrected chi connectivity index (χ1v) is 8.49. The molecule has 0 saturated carbocycles. The molecule has 0 aliphatic carbocycles. The molecule has 27 heavy (non-hydrogen) atoms. The number of alkyl halides is 6. The van der Waals surface area contributed by atoms with Gasteiger partial charge >= 0.3 is 31.2 Å². The quantitative estimate of drug-likeness (QED) is 0.441. The predicted molar refractivity (Wildman–Crippen MR) is 89.4 cm³/mol. The summed E-state index contributed by atoms with van der Waals surface area (Å²) in [6.45, 7) is 5.17. The van der Waals surface area contributed by atoms with E-state index in [1.807, 2.05) is 6.92 Å². The molecular weight excluding hydrogens is 384 g/mol. The van der Waals surface area contributed by atoms with Crippen LogP contribution in [0.2, 0.25) is 0 Å².